The normalized spacial score (nSPS) is 12.2. The summed E-state index contributed by atoms with van der Waals surface area (Å²) in [5.41, 5.74) is 5.39. The van der Waals surface area contributed by atoms with Gasteiger partial charge in [-0.15, -0.1) is 0 Å². The number of rotatable bonds is 4. The molecule has 0 amide bonds. The van der Waals surface area contributed by atoms with Crippen LogP contribution in [0.15, 0.2) is 18.2 Å². The van der Waals surface area contributed by atoms with E-state index in [1.165, 1.54) is 0 Å². The second-order valence-corrected chi connectivity index (χ2v) is 3.49. The molecular weight excluding hydrogens is 220 g/mol. The zero-order valence-electron chi connectivity index (χ0n) is 8.17. The van der Waals surface area contributed by atoms with E-state index in [-0.39, 0.29) is 10.7 Å². The molecule has 0 fully saturated rings. The highest BCUT2D eigenvalue weighted by atomic mass is 32.1. The molecule has 0 aromatic heterocycles. The van der Waals surface area contributed by atoms with Gasteiger partial charge in [-0.1, -0.05) is 19.1 Å². The SMILES string of the molecule is CCC(Oc1cc(F)cc(F)c1)C(N)=S. The van der Waals surface area contributed by atoms with Gasteiger partial charge in [0.15, 0.2) is 0 Å². The Bertz CT molecular complexity index is 350. The fourth-order valence-electron chi connectivity index (χ4n) is 1.10. The summed E-state index contributed by atoms with van der Waals surface area (Å²) in [7, 11) is 0. The Kier molecular flexibility index (Phi) is 3.96. The van der Waals surface area contributed by atoms with E-state index in [1.54, 1.807) is 0 Å². The Morgan fingerprint density at radius 1 is 1.40 bits per heavy atom. The van der Waals surface area contributed by atoms with Crippen LogP contribution in [0.3, 0.4) is 0 Å². The van der Waals surface area contributed by atoms with Gasteiger partial charge in [-0.3, -0.25) is 0 Å². The van der Waals surface area contributed by atoms with Crippen LogP contribution in [-0.4, -0.2) is 11.1 Å². The Labute approximate surface area is 92.0 Å². The third kappa shape index (κ3) is 3.43. The minimum absolute atomic E-state index is 0.0900. The molecular formula is C10H11F2NOS. The molecule has 0 saturated heterocycles. The lowest BCUT2D eigenvalue weighted by molar-refractivity contribution is 0.261. The van der Waals surface area contributed by atoms with E-state index in [0.29, 0.717) is 6.42 Å². The molecule has 0 aliphatic rings. The van der Waals surface area contributed by atoms with Crippen molar-refractivity contribution in [1.29, 1.82) is 0 Å². The average Bonchev–Trinajstić information content (AvgIpc) is 2.12. The summed E-state index contributed by atoms with van der Waals surface area (Å²) in [4.78, 5) is 0.169. The number of hydrogen-bond donors (Lipinski definition) is 1. The number of nitrogens with two attached hydrogens (primary N) is 1. The van der Waals surface area contributed by atoms with Crippen LogP contribution in [0.2, 0.25) is 0 Å². The van der Waals surface area contributed by atoms with Crippen molar-refractivity contribution in [3.8, 4) is 5.75 Å². The molecule has 15 heavy (non-hydrogen) atoms. The van der Waals surface area contributed by atoms with Gasteiger partial charge >= 0.3 is 0 Å². The summed E-state index contributed by atoms with van der Waals surface area (Å²) in [6, 6.07) is 2.95. The first-order valence-electron chi connectivity index (χ1n) is 4.45. The molecule has 82 valence electrons. The van der Waals surface area contributed by atoms with E-state index >= 15 is 0 Å². The summed E-state index contributed by atoms with van der Waals surface area (Å²) in [6.45, 7) is 1.82. The number of thiocarbonyl (C=S) groups is 1. The van der Waals surface area contributed by atoms with Crippen molar-refractivity contribution in [3.63, 3.8) is 0 Å². The van der Waals surface area contributed by atoms with Crippen LogP contribution in [0, 0.1) is 11.6 Å². The molecule has 0 radical (unpaired) electrons. The standard InChI is InChI=1S/C10H11F2NOS/c1-2-9(10(13)15)14-8-4-6(11)3-7(12)5-8/h3-5,9H,2H2,1H3,(H2,13,15). The van der Waals surface area contributed by atoms with Crippen LogP contribution < -0.4 is 10.5 Å². The molecule has 0 spiro atoms. The molecule has 1 aromatic carbocycles. The molecule has 1 unspecified atom stereocenters. The van der Waals surface area contributed by atoms with Gasteiger partial charge in [0, 0.05) is 18.2 Å². The van der Waals surface area contributed by atoms with Gasteiger partial charge in [-0.25, -0.2) is 8.78 Å². The lowest BCUT2D eigenvalue weighted by atomic mass is 10.2. The van der Waals surface area contributed by atoms with Crippen LogP contribution in [-0.2, 0) is 0 Å². The first-order valence-corrected chi connectivity index (χ1v) is 4.85. The minimum Gasteiger partial charge on any atom is -0.483 e. The van der Waals surface area contributed by atoms with Gasteiger partial charge < -0.3 is 10.5 Å². The third-order valence-corrected chi connectivity index (χ3v) is 2.07. The van der Waals surface area contributed by atoms with Gasteiger partial charge in [-0.05, 0) is 6.42 Å². The van der Waals surface area contributed by atoms with Crippen molar-refractivity contribution in [1.82, 2.24) is 0 Å². The molecule has 2 nitrogen and oxygen atoms in total. The Morgan fingerprint density at radius 3 is 2.33 bits per heavy atom. The van der Waals surface area contributed by atoms with Crippen molar-refractivity contribution in [2.45, 2.75) is 19.4 Å². The Morgan fingerprint density at radius 2 is 1.93 bits per heavy atom. The van der Waals surface area contributed by atoms with Gasteiger partial charge in [-0.2, -0.15) is 0 Å². The van der Waals surface area contributed by atoms with Crippen LogP contribution in [0.25, 0.3) is 0 Å². The first kappa shape index (κ1) is 11.8. The average molecular weight is 231 g/mol. The largest absolute Gasteiger partial charge is 0.483 e. The summed E-state index contributed by atoms with van der Waals surface area (Å²) < 4.78 is 30.8. The van der Waals surface area contributed by atoms with Crippen molar-refractivity contribution < 1.29 is 13.5 Å². The predicted octanol–water partition coefficient (Wildman–Crippen LogP) is 2.41. The number of halogens is 2. The quantitative estimate of drug-likeness (QED) is 0.808. The second-order valence-electron chi connectivity index (χ2n) is 3.02. The van der Waals surface area contributed by atoms with E-state index < -0.39 is 17.7 Å². The smallest absolute Gasteiger partial charge is 0.148 e. The zero-order valence-corrected chi connectivity index (χ0v) is 8.98. The lowest BCUT2D eigenvalue weighted by Gasteiger charge is -2.15. The molecule has 0 aliphatic carbocycles. The van der Waals surface area contributed by atoms with Crippen molar-refractivity contribution in [2.24, 2.45) is 5.73 Å². The topological polar surface area (TPSA) is 35.2 Å². The lowest BCUT2D eigenvalue weighted by Crippen LogP contribution is -2.31. The third-order valence-electron chi connectivity index (χ3n) is 1.80. The molecule has 1 atom stereocenters. The monoisotopic (exact) mass is 231 g/mol. The summed E-state index contributed by atoms with van der Waals surface area (Å²) in [6.07, 6.45) is 0.0502. The summed E-state index contributed by atoms with van der Waals surface area (Å²) in [5.74, 6) is -1.29. The van der Waals surface area contributed by atoms with Crippen molar-refractivity contribution in [3.05, 3.63) is 29.8 Å². The zero-order chi connectivity index (χ0) is 11.4. The maximum atomic E-state index is 12.8. The number of ether oxygens (including phenoxy) is 1. The van der Waals surface area contributed by atoms with Crippen molar-refractivity contribution >= 4 is 17.2 Å². The van der Waals surface area contributed by atoms with E-state index in [0.717, 1.165) is 18.2 Å². The molecule has 0 saturated carbocycles. The molecule has 0 bridgehead atoms. The van der Waals surface area contributed by atoms with E-state index in [4.69, 9.17) is 22.7 Å². The molecule has 0 aliphatic heterocycles. The van der Waals surface area contributed by atoms with E-state index in [1.807, 2.05) is 6.92 Å². The highest BCUT2D eigenvalue weighted by Crippen LogP contribution is 2.17. The molecule has 1 rings (SSSR count). The van der Waals surface area contributed by atoms with Gasteiger partial charge in [0.05, 0.1) is 0 Å². The van der Waals surface area contributed by atoms with E-state index in [2.05, 4.69) is 0 Å². The van der Waals surface area contributed by atoms with Gasteiger partial charge in [0.25, 0.3) is 0 Å². The van der Waals surface area contributed by atoms with Crippen LogP contribution in [0.5, 0.6) is 5.75 Å². The predicted molar refractivity (Wildman–Crippen MR) is 57.9 cm³/mol. The molecule has 5 heteroatoms. The Balaban J connectivity index is 2.83. The number of hydrogen-bond acceptors (Lipinski definition) is 2. The summed E-state index contributed by atoms with van der Waals surface area (Å²) in [5, 5.41) is 0. The maximum Gasteiger partial charge on any atom is 0.148 e. The highest BCUT2D eigenvalue weighted by molar-refractivity contribution is 7.80. The molecule has 0 heterocycles. The van der Waals surface area contributed by atoms with Crippen LogP contribution >= 0.6 is 12.2 Å². The first-order chi connectivity index (χ1) is 7.02. The molecule has 2 N–H and O–H groups in total. The maximum absolute atomic E-state index is 12.8. The second kappa shape index (κ2) is 5.02. The Hall–Kier alpha value is -1.23. The highest BCUT2D eigenvalue weighted by Gasteiger charge is 2.12. The minimum atomic E-state index is -0.692. The van der Waals surface area contributed by atoms with Crippen LogP contribution in [0.4, 0.5) is 8.78 Å². The van der Waals surface area contributed by atoms with Gasteiger partial charge in [0.2, 0.25) is 0 Å². The fraction of sp³-hybridized carbons (Fsp3) is 0.300. The summed E-state index contributed by atoms with van der Waals surface area (Å²) >= 11 is 4.75. The molecule has 1 aromatic rings. The fourth-order valence-corrected chi connectivity index (χ4v) is 1.32. The van der Waals surface area contributed by atoms with Crippen LogP contribution in [0.1, 0.15) is 13.3 Å². The van der Waals surface area contributed by atoms with Gasteiger partial charge in [0.1, 0.15) is 28.5 Å². The van der Waals surface area contributed by atoms with E-state index in [9.17, 15) is 8.78 Å². The number of benzene rings is 1. The van der Waals surface area contributed by atoms with Crippen molar-refractivity contribution in [2.75, 3.05) is 0 Å².